The van der Waals surface area contributed by atoms with Gasteiger partial charge in [-0.25, -0.2) is 4.79 Å². The van der Waals surface area contributed by atoms with Gasteiger partial charge in [0.25, 0.3) is 0 Å². The summed E-state index contributed by atoms with van der Waals surface area (Å²) in [6.07, 6.45) is 5.93. The minimum absolute atomic E-state index is 0.206. The molecule has 0 aliphatic rings. The van der Waals surface area contributed by atoms with Crippen LogP contribution in [-0.2, 0) is 4.74 Å². The highest BCUT2D eigenvalue weighted by Gasteiger charge is 2.20. The van der Waals surface area contributed by atoms with Crippen molar-refractivity contribution in [2.45, 2.75) is 72.3 Å². The zero-order valence-electron chi connectivity index (χ0n) is 14.1. The van der Waals surface area contributed by atoms with Crippen molar-refractivity contribution in [3.63, 3.8) is 0 Å². The van der Waals surface area contributed by atoms with Gasteiger partial charge in [0.1, 0.15) is 5.60 Å². The van der Waals surface area contributed by atoms with Crippen LogP contribution in [0.4, 0.5) is 4.79 Å². The largest absolute Gasteiger partial charge is 0.444 e. The van der Waals surface area contributed by atoms with Crippen LogP contribution in [0, 0.1) is 0 Å². The third kappa shape index (κ3) is 11.1. The molecule has 0 aromatic carbocycles. The molecule has 0 aromatic rings. The molecule has 0 rings (SSSR count). The van der Waals surface area contributed by atoms with Crippen molar-refractivity contribution in [2.24, 2.45) is 0 Å². The van der Waals surface area contributed by atoms with E-state index in [1.54, 1.807) is 4.90 Å². The van der Waals surface area contributed by atoms with Gasteiger partial charge in [-0.05, 0) is 53.6 Å². The smallest absolute Gasteiger partial charge is 0.410 e. The highest BCUT2D eigenvalue weighted by molar-refractivity contribution is 5.68. The van der Waals surface area contributed by atoms with Gasteiger partial charge in [0.2, 0.25) is 0 Å². The van der Waals surface area contributed by atoms with Crippen molar-refractivity contribution in [1.82, 2.24) is 10.2 Å². The Labute approximate surface area is 125 Å². The molecule has 1 N–H and O–H groups in total. The van der Waals surface area contributed by atoms with E-state index in [4.69, 9.17) is 4.74 Å². The van der Waals surface area contributed by atoms with Gasteiger partial charge >= 0.3 is 6.09 Å². The molecule has 0 saturated carbocycles. The average molecular weight is 286 g/mol. The van der Waals surface area contributed by atoms with E-state index in [1.807, 2.05) is 27.7 Å². The van der Waals surface area contributed by atoms with Crippen LogP contribution in [0.25, 0.3) is 0 Å². The third-order valence-electron chi connectivity index (χ3n) is 3.02. The number of carbonyl (C=O) groups excluding carboxylic acids is 1. The second-order valence-electron chi connectivity index (χ2n) is 6.22. The Morgan fingerprint density at radius 2 is 1.70 bits per heavy atom. The SMILES string of the molecule is CCCCCCNCCCN(CC)C(=O)OC(C)(C)C. The van der Waals surface area contributed by atoms with Gasteiger partial charge in [-0.2, -0.15) is 0 Å². The van der Waals surface area contributed by atoms with E-state index in [0.29, 0.717) is 6.54 Å². The molecule has 1 amide bonds. The molecule has 0 unspecified atom stereocenters. The van der Waals surface area contributed by atoms with Crippen LogP contribution in [-0.4, -0.2) is 42.8 Å². The first-order valence-electron chi connectivity index (χ1n) is 8.09. The summed E-state index contributed by atoms with van der Waals surface area (Å²) in [5.74, 6) is 0. The second-order valence-corrected chi connectivity index (χ2v) is 6.22. The molecule has 4 heteroatoms. The van der Waals surface area contributed by atoms with Gasteiger partial charge in [-0.3, -0.25) is 0 Å². The number of hydrogen-bond acceptors (Lipinski definition) is 3. The number of amides is 1. The fourth-order valence-corrected chi connectivity index (χ4v) is 1.90. The Morgan fingerprint density at radius 1 is 1.05 bits per heavy atom. The second kappa shape index (κ2) is 11.0. The molecule has 0 aliphatic carbocycles. The highest BCUT2D eigenvalue weighted by Crippen LogP contribution is 2.10. The first-order chi connectivity index (χ1) is 9.40. The zero-order valence-corrected chi connectivity index (χ0v) is 14.1. The Hall–Kier alpha value is -0.770. The lowest BCUT2D eigenvalue weighted by Crippen LogP contribution is -2.38. The fourth-order valence-electron chi connectivity index (χ4n) is 1.90. The number of unbranched alkanes of at least 4 members (excludes halogenated alkanes) is 3. The minimum Gasteiger partial charge on any atom is -0.444 e. The van der Waals surface area contributed by atoms with Crippen molar-refractivity contribution < 1.29 is 9.53 Å². The van der Waals surface area contributed by atoms with E-state index in [2.05, 4.69) is 12.2 Å². The predicted octanol–water partition coefficient (Wildman–Crippen LogP) is 3.80. The number of hydrogen-bond donors (Lipinski definition) is 1. The van der Waals surface area contributed by atoms with Crippen LogP contribution in [0.1, 0.15) is 66.7 Å². The molecule has 120 valence electrons. The van der Waals surface area contributed by atoms with E-state index in [9.17, 15) is 4.79 Å². The van der Waals surface area contributed by atoms with Crippen LogP contribution in [0.5, 0.6) is 0 Å². The van der Waals surface area contributed by atoms with Crippen molar-refractivity contribution in [3.05, 3.63) is 0 Å². The van der Waals surface area contributed by atoms with E-state index in [-0.39, 0.29) is 6.09 Å². The topological polar surface area (TPSA) is 41.6 Å². The van der Waals surface area contributed by atoms with Gasteiger partial charge in [-0.15, -0.1) is 0 Å². The van der Waals surface area contributed by atoms with E-state index in [0.717, 1.165) is 26.1 Å². The fraction of sp³-hybridized carbons (Fsp3) is 0.938. The first kappa shape index (κ1) is 19.2. The summed E-state index contributed by atoms with van der Waals surface area (Å²) in [5, 5.41) is 3.43. The number of nitrogens with one attached hydrogen (secondary N) is 1. The van der Waals surface area contributed by atoms with E-state index >= 15 is 0 Å². The Morgan fingerprint density at radius 3 is 2.25 bits per heavy atom. The molecule has 0 bridgehead atoms. The summed E-state index contributed by atoms with van der Waals surface area (Å²) in [5.41, 5.74) is -0.415. The molecule has 0 aliphatic heterocycles. The maximum absolute atomic E-state index is 11.9. The van der Waals surface area contributed by atoms with Gasteiger partial charge in [-0.1, -0.05) is 26.2 Å². The molecule has 0 fully saturated rings. The monoisotopic (exact) mass is 286 g/mol. The molecule has 0 spiro atoms. The maximum atomic E-state index is 11.9. The Bertz CT molecular complexity index is 249. The van der Waals surface area contributed by atoms with Crippen LogP contribution >= 0.6 is 0 Å². The summed E-state index contributed by atoms with van der Waals surface area (Å²) in [7, 11) is 0. The number of rotatable bonds is 10. The van der Waals surface area contributed by atoms with Gasteiger partial charge in [0.15, 0.2) is 0 Å². The summed E-state index contributed by atoms with van der Waals surface area (Å²) in [4.78, 5) is 13.7. The number of carbonyl (C=O) groups is 1. The number of nitrogens with zero attached hydrogens (tertiary/aromatic N) is 1. The lowest BCUT2D eigenvalue weighted by atomic mass is 10.2. The molecule has 20 heavy (non-hydrogen) atoms. The normalized spacial score (nSPS) is 11.4. The Kier molecular flexibility index (Phi) is 10.5. The maximum Gasteiger partial charge on any atom is 0.410 e. The molecule has 0 heterocycles. The first-order valence-corrected chi connectivity index (χ1v) is 8.09. The summed E-state index contributed by atoms with van der Waals surface area (Å²) >= 11 is 0. The summed E-state index contributed by atoms with van der Waals surface area (Å²) in [6, 6.07) is 0. The lowest BCUT2D eigenvalue weighted by Gasteiger charge is -2.26. The molecule has 0 aromatic heterocycles. The van der Waals surface area contributed by atoms with Crippen LogP contribution in [0.15, 0.2) is 0 Å². The van der Waals surface area contributed by atoms with Crippen molar-refractivity contribution in [3.8, 4) is 0 Å². The molecule has 4 nitrogen and oxygen atoms in total. The molecule has 0 atom stereocenters. The average Bonchev–Trinajstić information content (AvgIpc) is 2.35. The molecule has 0 radical (unpaired) electrons. The standard InChI is InChI=1S/C16H34N2O2/c1-6-8-9-10-12-17-13-11-14-18(7-2)15(19)20-16(3,4)5/h17H,6-14H2,1-5H3. The van der Waals surface area contributed by atoms with Crippen LogP contribution < -0.4 is 5.32 Å². The van der Waals surface area contributed by atoms with Gasteiger partial charge in [0, 0.05) is 13.1 Å². The van der Waals surface area contributed by atoms with Crippen LogP contribution in [0.3, 0.4) is 0 Å². The van der Waals surface area contributed by atoms with Gasteiger partial charge in [0.05, 0.1) is 0 Å². The summed E-state index contributed by atoms with van der Waals surface area (Å²) in [6.45, 7) is 13.4. The summed E-state index contributed by atoms with van der Waals surface area (Å²) < 4.78 is 5.38. The third-order valence-corrected chi connectivity index (χ3v) is 3.02. The van der Waals surface area contributed by atoms with Crippen molar-refractivity contribution in [1.29, 1.82) is 0 Å². The van der Waals surface area contributed by atoms with Crippen molar-refractivity contribution >= 4 is 6.09 Å². The molecular weight excluding hydrogens is 252 g/mol. The zero-order chi connectivity index (χ0) is 15.4. The predicted molar refractivity (Wildman–Crippen MR) is 85.1 cm³/mol. The minimum atomic E-state index is -0.415. The van der Waals surface area contributed by atoms with E-state index < -0.39 is 5.60 Å². The Balaban J connectivity index is 3.67. The molecular formula is C16H34N2O2. The quantitative estimate of drug-likeness (QED) is 0.621. The highest BCUT2D eigenvalue weighted by atomic mass is 16.6. The lowest BCUT2D eigenvalue weighted by molar-refractivity contribution is 0.0258. The number of ether oxygens (including phenoxy) is 1. The molecule has 0 saturated heterocycles. The van der Waals surface area contributed by atoms with Gasteiger partial charge < -0.3 is 15.0 Å². The van der Waals surface area contributed by atoms with Crippen molar-refractivity contribution in [2.75, 3.05) is 26.2 Å². The van der Waals surface area contributed by atoms with E-state index in [1.165, 1.54) is 25.7 Å². The van der Waals surface area contributed by atoms with Crippen LogP contribution in [0.2, 0.25) is 0 Å².